The van der Waals surface area contributed by atoms with Crippen LogP contribution in [-0.4, -0.2) is 25.4 Å². The van der Waals surface area contributed by atoms with Crippen LogP contribution in [0.2, 0.25) is 0 Å². The minimum Gasteiger partial charge on any atom is -0.338 e. The second kappa shape index (κ2) is 5.49. The van der Waals surface area contributed by atoms with Crippen LogP contribution in [0.4, 0.5) is 11.5 Å². The Labute approximate surface area is 132 Å². The predicted molar refractivity (Wildman–Crippen MR) is 89.4 cm³/mol. The van der Waals surface area contributed by atoms with Gasteiger partial charge in [-0.2, -0.15) is 10.2 Å². The minimum absolute atomic E-state index is 0.665. The molecule has 0 amide bonds. The molecule has 0 radical (unpaired) electrons. The molecular formula is C17H14N6. The summed E-state index contributed by atoms with van der Waals surface area (Å²) in [5, 5.41) is 19.2. The number of benzene rings is 1. The van der Waals surface area contributed by atoms with Gasteiger partial charge in [0.15, 0.2) is 11.5 Å². The van der Waals surface area contributed by atoms with Gasteiger partial charge in [-0.1, -0.05) is 12.1 Å². The van der Waals surface area contributed by atoms with Crippen molar-refractivity contribution in [1.82, 2.24) is 25.4 Å². The van der Waals surface area contributed by atoms with Gasteiger partial charge in [-0.05, 0) is 42.3 Å². The van der Waals surface area contributed by atoms with Gasteiger partial charge in [0.1, 0.15) is 0 Å². The Kier molecular flexibility index (Phi) is 3.20. The van der Waals surface area contributed by atoms with Crippen molar-refractivity contribution >= 4 is 22.5 Å². The van der Waals surface area contributed by atoms with Gasteiger partial charge in [0.25, 0.3) is 0 Å². The van der Waals surface area contributed by atoms with Crippen LogP contribution in [-0.2, 0) is 0 Å². The summed E-state index contributed by atoms with van der Waals surface area (Å²) in [7, 11) is 0. The van der Waals surface area contributed by atoms with E-state index in [-0.39, 0.29) is 0 Å². The highest BCUT2D eigenvalue weighted by Gasteiger charge is 2.08. The van der Waals surface area contributed by atoms with E-state index in [0.29, 0.717) is 5.65 Å². The molecule has 23 heavy (non-hydrogen) atoms. The fourth-order valence-electron chi connectivity index (χ4n) is 2.59. The van der Waals surface area contributed by atoms with Crippen LogP contribution in [0, 0.1) is 6.92 Å². The van der Waals surface area contributed by atoms with Crippen molar-refractivity contribution in [1.29, 1.82) is 0 Å². The van der Waals surface area contributed by atoms with Gasteiger partial charge < -0.3 is 5.32 Å². The summed E-state index contributed by atoms with van der Waals surface area (Å²) in [6, 6.07) is 12.1. The molecule has 3 heterocycles. The van der Waals surface area contributed by atoms with Crippen molar-refractivity contribution in [2.24, 2.45) is 0 Å². The predicted octanol–water partition coefficient (Wildman–Crippen LogP) is 3.47. The molecular weight excluding hydrogens is 288 g/mol. The Morgan fingerprint density at radius 1 is 1.09 bits per heavy atom. The highest BCUT2D eigenvalue weighted by Crippen LogP contribution is 2.28. The molecule has 2 N–H and O–H groups in total. The van der Waals surface area contributed by atoms with Gasteiger partial charge in [-0.25, -0.2) is 0 Å². The molecule has 4 rings (SSSR count). The molecule has 0 spiro atoms. The van der Waals surface area contributed by atoms with Crippen LogP contribution in [0.1, 0.15) is 5.56 Å². The van der Waals surface area contributed by atoms with Gasteiger partial charge >= 0.3 is 0 Å². The normalized spacial score (nSPS) is 10.8. The smallest absolute Gasteiger partial charge is 0.180 e. The second-order valence-electron chi connectivity index (χ2n) is 5.26. The van der Waals surface area contributed by atoms with E-state index in [9.17, 15) is 0 Å². The molecule has 0 saturated carbocycles. The molecule has 0 aliphatic rings. The summed E-state index contributed by atoms with van der Waals surface area (Å²) in [6.07, 6.45) is 5.30. The first-order valence-electron chi connectivity index (χ1n) is 7.25. The van der Waals surface area contributed by atoms with E-state index in [2.05, 4.69) is 55.8 Å². The van der Waals surface area contributed by atoms with Crippen molar-refractivity contribution < 1.29 is 0 Å². The number of hydrogen-bond donors (Lipinski definition) is 2. The van der Waals surface area contributed by atoms with Crippen molar-refractivity contribution in [2.75, 3.05) is 5.32 Å². The fraction of sp³-hybridized carbons (Fsp3) is 0.0588. The number of H-pyrrole nitrogens is 1. The number of fused-ring (bicyclic) bond motifs is 1. The third-order valence-corrected chi connectivity index (χ3v) is 3.71. The van der Waals surface area contributed by atoms with E-state index >= 15 is 0 Å². The van der Waals surface area contributed by atoms with Crippen molar-refractivity contribution in [3.05, 3.63) is 60.6 Å². The molecule has 4 aromatic rings. The molecule has 0 saturated heterocycles. The average Bonchev–Trinajstić information content (AvgIpc) is 2.99. The van der Waals surface area contributed by atoms with Gasteiger partial charge in [-0.3, -0.25) is 10.1 Å². The number of aromatic amines is 1. The number of rotatable bonds is 3. The number of nitrogens with one attached hydrogen (secondary N) is 2. The number of aromatic nitrogens is 5. The zero-order chi connectivity index (χ0) is 15.6. The fourth-order valence-corrected chi connectivity index (χ4v) is 2.59. The van der Waals surface area contributed by atoms with Crippen molar-refractivity contribution in [2.45, 2.75) is 6.92 Å². The molecule has 0 aliphatic heterocycles. The summed E-state index contributed by atoms with van der Waals surface area (Å²) < 4.78 is 0. The number of hydrogen-bond acceptors (Lipinski definition) is 5. The first-order valence-corrected chi connectivity index (χ1v) is 7.25. The van der Waals surface area contributed by atoms with E-state index in [1.165, 1.54) is 11.1 Å². The van der Waals surface area contributed by atoms with Crippen molar-refractivity contribution in [3.63, 3.8) is 0 Å². The van der Waals surface area contributed by atoms with E-state index in [1.54, 1.807) is 12.4 Å². The second-order valence-corrected chi connectivity index (χ2v) is 5.26. The van der Waals surface area contributed by atoms with E-state index in [1.807, 2.05) is 24.4 Å². The van der Waals surface area contributed by atoms with E-state index in [0.717, 1.165) is 22.5 Å². The molecule has 0 aliphatic carbocycles. The maximum absolute atomic E-state index is 4.25. The topological polar surface area (TPSA) is 79.4 Å². The van der Waals surface area contributed by atoms with Crippen LogP contribution >= 0.6 is 0 Å². The Morgan fingerprint density at radius 2 is 2.04 bits per heavy atom. The lowest BCUT2D eigenvalue weighted by molar-refractivity contribution is 1.02. The first-order chi connectivity index (χ1) is 11.3. The van der Waals surface area contributed by atoms with E-state index in [4.69, 9.17) is 0 Å². The molecule has 1 aromatic carbocycles. The minimum atomic E-state index is 0.665. The Morgan fingerprint density at radius 3 is 2.87 bits per heavy atom. The number of aryl methyl sites for hydroxylation is 1. The summed E-state index contributed by atoms with van der Waals surface area (Å²) in [5.74, 6) is 0.739. The number of nitrogens with zero attached hydrogens (tertiary/aromatic N) is 4. The summed E-state index contributed by atoms with van der Waals surface area (Å²) in [5.41, 5.74) is 5.08. The zero-order valence-corrected chi connectivity index (χ0v) is 12.5. The third kappa shape index (κ3) is 2.50. The number of pyridine rings is 1. The molecule has 0 fully saturated rings. The highest BCUT2D eigenvalue weighted by atomic mass is 15.2. The maximum atomic E-state index is 4.25. The number of anilines is 2. The van der Waals surface area contributed by atoms with Gasteiger partial charge in [0.05, 0.1) is 11.6 Å². The lowest BCUT2D eigenvalue weighted by atomic mass is 10.0. The molecule has 3 aromatic heterocycles. The molecule has 6 nitrogen and oxygen atoms in total. The standard InChI is InChI=1S/C17H14N6/c1-11-9-13(4-5-14(11)12-3-2-7-18-10-12)20-16-15-6-8-19-21-17(15)23-22-16/h2-10H,1H3,(H2,20,21,22,23). The van der Waals surface area contributed by atoms with Crippen LogP contribution in [0.5, 0.6) is 0 Å². The van der Waals surface area contributed by atoms with Gasteiger partial charge in [0, 0.05) is 23.6 Å². The Hall–Kier alpha value is -3.28. The highest BCUT2D eigenvalue weighted by molar-refractivity contribution is 5.88. The summed E-state index contributed by atoms with van der Waals surface area (Å²) in [6.45, 7) is 2.08. The van der Waals surface area contributed by atoms with Crippen LogP contribution in [0.25, 0.3) is 22.2 Å². The van der Waals surface area contributed by atoms with Crippen LogP contribution < -0.4 is 5.32 Å². The lowest BCUT2D eigenvalue weighted by Crippen LogP contribution is -1.93. The monoisotopic (exact) mass is 302 g/mol. The average molecular weight is 302 g/mol. The molecule has 0 bridgehead atoms. The third-order valence-electron chi connectivity index (χ3n) is 3.71. The Balaban J connectivity index is 1.67. The van der Waals surface area contributed by atoms with Gasteiger partial charge in [0.2, 0.25) is 0 Å². The lowest BCUT2D eigenvalue weighted by Gasteiger charge is -2.09. The largest absolute Gasteiger partial charge is 0.338 e. The Bertz CT molecular complexity index is 961. The molecule has 6 heteroatoms. The zero-order valence-electron chi connectivity index (χ0n) is 12.5. The maximum Gasteiger partial charge on any atom is 0.180 e. The van der Waals surface area contributed by atoms with Crippen molar-refractivity contribution in [3.8, 4) is 11.1 Å². The summed E-state index contributed by atoms with van der Waals surface area (Å²) in [4.78, 5) is 4.18. The first kappa shape index (κ1) is 13.4. The van der Waals surface area contributed by atoms with Crippen LogP contribution in [0.3, 0.4) is 0 Å². The van der Waals surface area contributed by atoms with Gasteiger partial charge in [-0.15, -0.1) is 5.10 Å². The quantitative estimate of drug-likeness (QED) is 0.606. The molecule has 0 unspecified atom stereocenters. The SMILES string of the molecule is Cc1cc(Nc2n[nH]c3nnccc23)ccc1-c1cccnc1. The molecule has 112 valence electrons. The molecule has 0 atom stereocenters. The van der Waals surface area contributed by atoms with Crippen LogP contribution in [0.15, 0.2) is 55.0 Å². The van der Waals surface area contributed by atoms with E-state index < -0.39 is 0 Å². The summed E-state index contributed by atoms with van der Waals surface area (Å²) >= 11 is 0.